The van der Waals surface area contributed by atoms with E-state index in [9.17, 15) is 4.79 Å². The molecule has 0 radical (unpaired) electrons. The van der Waals surface area contributed by atoms with Crippen LogP contribution in [-0.2, 0) is 4.79 Å². The number of aromatic nitrogens is 3. The number of amides is 1. The lowest BCUT2D eigenvalue weighted by molar-refractivity contribution is -0.120. The molecule has 1 aromatic carbocycles. The first-order valence-corrected chi connectivity index (χ1v) is 9.75. The molecule has 1 N–H and O–H groups in total. The smallest absolute Gasteiger partial charge is 0.231 e. The minimum Gasteiger partial charge on any atom is -0.497 e. The van der Waals surface area contributed by atoms with Gasteiger partial charge >= 0.3 is 0 Å². The molecule has 1 atom stereocenters. The van der Waals surface area contributed by atoms with Crippen LogP contribution in [-0.4, -0.2) is 47.8 Å². The molecule has 8 nitrogen and oxygen atoms in total. The number of hydrogen-bond acceptors (Lipinski definition) is 6. The largest absolute Gasteiger partial charge is 0.497 e. The number of carbonyl (C=O) groups is 1. The molecule has 0 spiro atoms. The summed E-state index contributed by atoms with van der Waals surface area (Å²) in [6, 6.07) is 8.95. The standard InChI is InChI=1S/C20H22ClN5O3/c1-28-14-7-8-17(29-2)16(11-14)22-19(27)13-5-3-9-25(12-13)20-24-23-18-15(21)6-4-10-26(18)20/h4,6-8,10-11,13H,3,5,9,12H2,1-2H3,(H,22,27)/t13-/m0/s1. The van der Waals surface area contributed by atoms with E-state index in [4.69, 9.17) is 21.1 Å². The van der Waals surface area contributed by atoms with Gasteiger partial charge in [0.1, 0.15) is 11.5 Å². The fourth-order valence-electron chi connectivity index (χ4n) is 3.61. The van der Waals surface area contributed by atoms with Crippen LogP contribution < -0.4 is 19.7 Å². The summed E-state index contributed by atoms with van der Waals surface area (Å²) in [4.78, 5) is 15.0. The minimum absolute atomic E-state index is 0.0619. The third kappa shape index (κ3) is 3.80. The number of fused-ring (bicyclic) bond motifs is 1. The number of anilines is 2. The van der Waals surface area contributed by atoms with Crippen molar-refractivity contribution in [2.24, 2.45) is 5.92 Å². The second-order valence-corrected chi connectivity index (χ2v) is 7.30. The van der Waals surface area contributed by atoms with Gasteiger partial charge in [0.15, 0.2) is 5.65 Å². The first-order valence-electron chi connectivity index (χ1n) is 9.38. The summed E-state index contributed by atoms with van der Waals surface area (Å²) in [5.74, 6) is 1.68. The van der Waals surface area contributed by atoms with E-state index in [0.29, 0.717) is 40.3 Å². The Hall–Kier alpha value is -3.00. The van der Waals surface area contributed by atoms with Crippen molar-refractivity contribution in [2.45, 2.75) is 12.8 Å². The van der Waals surface area contributed by atoms with Gasteiger partial charge in [0.05, 0.1) is 30.8 Å². The molecule has 0 bridgehead atoms. The van der Waals surface area contributed by atoms with Crippen molar-refractivity contribution in [3.05, 3.63) is 41.6 Å². The number of pyridine rings is 1. The highest BCUT2D eigenvalue weighted by molar-refractivity contribution is 6.33. The Bertz CT molecular complexity index is 1040. The molecule has 1 aliphatic heterocycles. The van der Waals surface area contributed by atoms with E-state index in [0.717, 1.165) is 19.4 Å². The lowest BCUT2D eigenvalue weighted by Crippen LogP contribution is -2.41. The molecule has 3 aromatic rings. The number of nitrogens with zero attached hydrogens (tertiary/aromatic N) is 4. The Balaban J connectivity index is 1.52. The summed E-state index contributed by atoms with van der Waals surface area (Å²) in [7, 11) is 3.16. The highest BCUT2D eigenvalue weighted by Gasteiger charge is 2.29. The fourth-order valence-corrected chi connectivity index (χ4v) is 3.81. The summed E-state index contributed by atoms with van der Waals surface area (Å²) >= 11 is 6.20. The highest BCUT2D eigenvalue weighted by Crippen LogP contribution is 2.31. The summed E-state index contributed by atoms with van der Waals surface area (Å²) in [6.45, 7) is 1.35. The lowest BCUT2D eigenvalue weighted by atomic mass is 9.97. The van der Waals surface area contributed by atoms with Crippen LogP contribution in [0.5, 0.6) is 11.5 Å². The molecule has 9 heteroatoms. The summed E-state index contributed by atoms with van der Waals surface area (Å²) in [6.07, 6.45) is 3.55. The van der Waals surface area contributed by atoms with Gasteiger partial charge in [-0.15, -0.1) is 10.2 Å². The highest BCUT2D eigenvalue weighted by atomic mass is 35.5. The van der Waals surface area contributed by atoms with Crippen LogP contribution in [0.4, 0.5) is 11.6 Å². The van der Waals surface area contributed by atoms with Crippen molar-refractivity contribution in [1.29, 1.82) is 0 Å². The van der Waals surface area contributed by atoms with Crippen molar-refractivity contribution in [1.82, 2.24) is 14.6 Å². The van der Waals surface area contributed by atoms with E-state index < -0.39 is 0 Å². The van der Waals surface area contributed by atoms with Crippen LogP contribution in [0.3, 0.4) is 0 Å². The van der Waals surface area contributed by atoms with Crippen LogP contribution in [0.2, 0.25) is 5.02 Å². The van der Waals surface area contributed by atoms with Crippen LogP contribution in [0, 0.1) is 5.92 Å². The average Bonchev–Trinajstić information content (AvgIpc) is 3.19. The molecular weight excluding hydrogens is 394 g/mol. The molecule has 2 aromatic heterocycles. The number of benzene rings is 1. The zero-order valence-corrected chi connectivity index (χ0v) is 17.0. The number of nitrogens with one attached hydrogen (secondary N) is 1. The van der Waals surface area contributed by atoms with Gasteiger partial charge < -0.3 is 19.7 Å². The zero-order valence-electron chi connectivity index (χ0n) is 16.3. The summed E-state index contributed by atoms with van der Waals surface area (Å²) < 4.78 is 12.5. The molecule has 0 aliphatic carbocycles. The van der Waals surface area contributed by atoms with Gasteiger partial charge in [-0.25, -0.2) is 0 Å². The molecule has 0 unspecified atom stereocenters. The van der Waals surface area contributed by atoms with Crippen LogP contribution in [0.15, 0.2) is 36.5 Å². The van der Waals surface area contributed by atoms with Crippen molar-refractivity contribution >= 4 is 34.8 Å². The van der Waals surface area contributed by atoms with E-state index in [1.807, 2.05) is 16.7 Å². The van der Waals surface area contributed by atoms with Crippen LogP contribution >= 0.6 is 11.6 Å². The van der Waals surface area contributed by atoms with Crippen LogP contribution in [0.25, 0.3) is 5.65 Å². The number of methoxy groups -OCH3 is 2. The Kier molecular flexibility index (Phi) is 5.44. The van der Waals surface area contributed by atoms with Crippen molar-refractivity contribution in [2.75, 3.05) is 37.5 Å². The van der Waals surface area contributed by atoms with E-state index in [-0.39, 0.29) is 11.8 Å². The zero-order chi connectivity index (χ0) is 20.4. The second kappa shape index (κ2) is 8.16. The average molecular weight is 416 g/mol. The fraction of sp³-hybridized carbons (Fsp3) is 0.350. The Morgan fingerprint density at radius 1 is 1.24 bits per heavy atom. The number of hydrogen-bond donors (Lipinski definition) is 1. The quantitative estimate of drug-likeness (QED) is 0.688. The first kappa shape index (κ1) is 19.3. The van der Waals surface area contributed by atoms with Gasteiger partial charge in [0.2, 0.25) is 11.9 Å². The molecule has 29 heavy (non-hydrogen) atoms. The Morgan fingerprint density at radius 3 is 2.90 bits per heavy atom. The molecule has 4 rings (SSSR count). The first-order chi connectivity index (χ1) is 14.1. The van der Waals surface area contributed by atoms with Crippen molar-refractivity contribution in [3.63, 3.8) is 0 Å². The molecule has 1 fully saturated rings. The van der Waals surface area contributed by atoms with Crippen LogP contribution in [0.1, 0.15) is 12.8 Å². The van der Waals surface area contributed by atoms with Gasteiger partial charge in [-0.2, -0.15) is 0 Å². The molecule has 3 heterocycles. The molecule has 1 aliphatic rings. The van der Waals surface area contributed by atoms with Gasteiger partial charge in [-0.1, -0.05) is 11.6 Å². The molecule has 152 valence electrons. The SMILES string of the molecule is COc1ccc(OC)c(NC(=O)[C@H]2CCCN(c3nnc4c(Cl)cccn34)C2)c1. The maximum atomic E-state index is 13.0. The predicted molar refractivity (Wildman–Crippen MR) is 111 cm³/mol. The summed E-state index contributed by atoms with van der Waals surface area (Å²) in [5, 5.41) is 12.0. The van der Waals surface area contributed by atoms with Gasteiger partial charge in [0.25, 0.3) is 0 Å². The normalized spacial score (nSPS) is 16.7. The summed E-state index contributed by atoms with van der Waals surface area (Å²) in [5.41, 5.74) is 1.20. The molecule has 1 saturated heterocycles. The number of piperidine rings is 1. The number of rotatable bonds is 5. The van der Waals surface area contributed by atoms with Gasteiger partial charge in [-0.05, 0) is 37.1 Å². The second-order valence-electron chi connectivity index (χ2n) is 6.89. The number of carbonyl (C=O) groups excluding carboxylic acids is 1. The third-order valence-electron chi connectivity index (χ3n) is 5.11. The Labute approximate surface area is 173 Å². The third-order valence-corrected chi connectivity index (χ3v) is 5.40. The number of ether oxygens (including phenoxy) is 2. The molecule has 0 saturated carbocycles. The Morgan fingerprint density at radius 2 is 2.10 bits per heavy atom. The van der Waals surface area contributed by atoms with Crippen molar-refractivity contribution in [3.8, 4) is 11.5 Å². The van der Waals surface area contributed by atoms with Gasteiger partial charge in [0, 0.05) is 25.4 Å². The van der Waals surface area contributed by atoms with E-state index >= 15 is 0 Å². The predicted octanol–water partition coefficient (Wildman–Crippen LogP) is 3.26. The lowest BCUT2D eigenvalue weighted by Gasteiger charge is -2.32. The van der Waals surface area contributed by atoms with E-state index in [1.54, 1.807) is 38.5 Å². The van der Waals surface area contributed by atoms with Crippen molar-refractivity contribution < 1.29 is 14.3 Å². The van der Waals surface area contributed by atoms with Gasteiger partial charge in [-0.3, -0.25) is 9.20 Å². The number of halogens is 1. The minimum atomic E-state index is -0.189. The molecular formula is C20H22ClN5O3. The molecule has 1 amide bonds. The van der Waals surface area contributed by atoms with E-state index in [1.165, 1.54) is 0 Å². The maximum Gasteiger partial charge on any atom is 0.231 e. The van der Waals surface area contributed by atoms with E-state index in [2.05, 4.69) is 20.4 Å². The topological polar surface area (TPSA) is 81.0 Å². The maximum absolute atomic E-state index is 13.0. The monoisotopic (exact) mass is 415 g/mol.